The molecule has 31 heavy (non-hydrogen) atoms. The van der Waals surface area contributed by atoms with Crippen molar-refractivity contribution in [3.05, 3.63) is 86.4 Å². The maximum atomic E-state index is 13.2. The number of furan rings is 1. The van der Waals surface area contributed by atoms with Crippen LogP contribution in [-0.2, 0) is 11.3 Å². The molecule has 1 N–H and O–H groups in total. The van der Waals surface area contributed by atoms with Gasteiger partial charge in [0.15, 0.2) is 12.4 Å². The quantitative estimate of drug-likeness (QED) is 0.421. The summed E-state index contributed by atoms with van der Waals surface area (Å²) in [6.07, 6.45) is 1.51. The lowest BCUT2D eigenvalue weighted by Gasteiger charge is -2.13. The molecule has 0 spiro atoms. The summed E-state index contributed by atoms with van der Waals surface area (Å²) in [5.74, 6) is 0.195. The number of aryl methyl sites for hydroxylation is 1. The highest BCUT2D eigenvalue weighted by Gasteiger charge is 2.21. The highest BCUT2D eigenvalue weighted by Crippen LogP contribution is 2.36. The first-order chi connectivity index (χ1) is 14.9. The topological polar surface area (TPSA) is 81.7 Å². The van der Waals surface area contributed by atoms with Crippen molar-refractivity contribution in [3.8, 4) is 17.1 Å². The van der Waals surface area contributed by atoms with Gasteiger partial charge < -0.3 is 18.9 Å². The van der Waals surface area contributed by atoms with Gasteiger partial charge in [0.2, 0.25) is 11.2 Å². The molecule has 0 aliphatic carbocycles. The minimum absolute atomic E-state index is 0.117. The Hall–Kier alpha value is -3.22. The summed E-state index contributed by atoms with van der Waals surface area (Å²) >= 11 is 12.5. The van der Waals surface area contributed by atoms with Crippen molar-refractivity contribution >= 4 is 40.1 Å². The fourth-order valence-corrected chi connectivity index (χ4v) is 3.43. The van der Waals surface area contributed by atoms with Gasteiger partial charge >= 0.3 is 0 Å². The fourth-order valence-electron chi connectivity index (χ4n) is 3.04. The first-order valence-corrected chi connectivity index (χ1v) is 10.1. The van der Waals surface area contributed by atoms with Crippen LogP contribution in [0, 0.1) is 6.92 Å². The zero-order valence-electron chi connectivity index (χ0n) is 16.4. The van der Waals surface area contributed by atoms with Gasteiger partial charge in [-0.15, -0.1) is 0 Å². The minimum Gasteiger partial charge on any atom is -0.476 e. The van der Waals surface area contributed by atoms with Crippen LogP contribution >= 0.6 is 23.2 Å². The van der Waals surface area contributed by atoms with Gasteiger partial charge in [-0.2, -0.15) is 0 Å². The average molecular weight is 458 g/mol. The second-order valence-electron chi connectivity index (χ2n) is 6.81. The number of ether oxygens (including phenoxy) is 1. The Morgan fingerprint density at radius 2 is 1.90 bits per heavy atom. The molecule has 2 heterocycles. The molecule has 6 nitrogen and oxygen atoms in total. The van der Waals surface area contributed by atoms with E-state index in [1.165, 1.54) is 12.3 Å². The molecule has 0 saturated heterocycles. The maximum Gasteiger partial charge on any atom is 0.258 e. The molecule has 0 bridgehead atoms. The molecule has 0 saturated carbocycles. The largest absolute Gasteiger partial charge is 0.476 e. The predicted molar refractivity (Wildman–Crippen MR) is 119 cm³/mol. The number of hydrogen-bond donors (Lipinski definition) is 1. The Kier molecular flexibility index (Phi) is 6.02. The van der Waals surface area contributed by atoms with Crippen LogP contribution in [0.2, 0.25) is 10.0 Å². The molecule has 2 aromatic heterocycles. The molecule has 4 rings (SSSR count). The number of benzene rings is 2. The molecule has 0 unspecified atom stereocenters. The van der Waals surface area contributed by atoms with Gasteiger partial charge in [0, 0.05) is 10.6 Å². The number of fused-ring (bicyclic) bond motifs is 1. The normalized spacial score (nSPS) is 10.9. The fraction of sp³-hybridized carbons (Fsp3) is 0.130. The summed E-state index contributed by atoms with van der Waals surface area (Å²) in [6.45, 7) is 1.62. The Morgan fingerprint density at radius 3 is 2.65 bits per heavy atom. The van der Waals surface area contributed by atoms with Gasteiger partial charge in [0.1, 0.15) is 11.3 Å². The molecule has 0 fully saturated rings. The second-order valence-corrected chi connectivity index (χ2v) is 7.63. The number of amides is 1. The van der Waals surface area contributed by atoms with Crippen molar-refractivity contribution < 1.29 is 18.4 Å². The van der Waals surface area contributed by atoms with Gasteiger partial charge in [-0.1, -0.05) is 35.3 Å². The first-order valence-electron chi connectivity index (χ1n) is 9.38. The number of halogens is 2. The van der Waals surface area contributed by atoms with Crippen LogP contribution in [0.25, 0.3) is 22.3 Å². The predicted octanol–water partition coefficient (Wildman–Crippen LogP) is 5.36. The molecule has 158 valence electrons. The minimum atomic E-state index is -0.447. The van der Waals surface area contributed by atoms with Crippen molar-refractivity contribution in [1.29, 1.82) is 0 Å². The zero-order chi connectivity index (χ0) is 22.0. The van der Waals surface area contributed by atoms with Crippen molar-refractivity contribution in [1.82, 2.24) is 5.32 Å². The van der Waals surface area contributed by atoms with E-state index in [2.05, 4.69) is 5.32 Å². The molecule has 4 aromatic rings. The molecule has 8 heteroatoms. The Balaban J connectivity index is 1.71. The summed E-state index contributed by atoms with van der Waals surface area (Å²) in [5.41, 5.74) is 1.13. The molecule has 0 aliphatic rings. The van der Waals surface area contributed by atoms with Crippen molar-refractivity contribution in [2.45, 2.75) is 13.5 Å². The molecular formula is C23H17Cl2NO5. The van der Waals surface area contributed by atoms with E-state index in [4.69, 9.17) is 36.8 Å². The summed E-state index contributed by atoms with van der Waals surface area (Å²) < 4.78 is 16.8. The number of nitrogens with one attached hydrogen (secondary N) is 1. The van der Waals surface area contributed by atoms with Crippen LogP contribution in [0.1, 0.15) is 11.3 Å². The lowest BCUT2D eigenvalue weighted by atomic mass is 10.1. The van der Waals surface area contributed by atoms with Crippen LogP contribution in [0.3, 0.4) is 0 Å². The lowest BCUT2D eigenvalue weighted by molar-refractivity contribution is -0.123. The highest BCUT2D eigenvalue weighted by molar-refractivity contribution is 6.33. The third-order valence-electron chi connectivity index (χ3n) is 4.64. The van der Waals surface area contributed by atoms with E-state index in [-0.39, 0.29) is 23.4 Å². The van der Waals surface area contributed by atoms with E-state index in [0.29, 0.717) is 27.0 Å². The Labute approximate surface area is 187 Å². The van der Waals surface area contributed by atoms with E-state index < -0.39 is 17.9 Å². The number of carbonyl (C=O) groups is 1. The molecule has 1 amide bonds. The van der Waals surface area contributed by atoms with Gasteiger partial charge in [0.05, 0.1) is 23.2 Å². The highest BCUT2D eigenvalue weighted by atomic mass is 35.5. The number of carbonyl (C=O) groups excluding carboxylic acids is 1. The molecule has 0 aliphatic heterocycles. The monoisotopic (exact) mass is 457 g/mol. The third kappa shape index (κ3) is 4.45. The second kappa shape index (κ2) is 8.88. The Bertz CT molecular complexity index is 1310. The molecule has 2 aromatic carbocycles. The first kappa shape index (κ1) is 21.0. The van der Waals surface area contributed by atoms with Crippen LogP contribution in [-0.4, -0.2) is 12.5 Å². The molecule has 0 atom stereocenters. The zero-order valence-corrected chi connectivity index (χ0v) is 17.9. The van der Waals surface area contributed by atoms with Crippen molar-refractivity contribution in [2.24, 2.45) is 0 Å². The Morgan fingerprint density at radius 1 is 1.10 bits per heavy atom. The van der Waals surface area contributed by atoms with Gasteiger partial charge in [0.25, 0.3) is 5.91 Å². The van der Waals surface area contributed by atoms with Gasteiger partial charge in [-0.3, -0.25) is 9.59 Å². The number of rotatable bonds is 6. The maximum absolute atomic E-state index is 13.2. The van der Waals surface area contributed by atoms with Crippen LogP contribution < -0.4 is 15.5 Å². The van der Waals surface area contributed by atoms with Crippen molar-refractivity contribution in [2.75, 3.05) is 6.61 Å². The van der Waals surface area contributed by atoms with E-state index in [9.17, 15) is 9.59 Å². The van der Waals surface area contributed by atoms with E-state index >= 15 is 0 Å². The summed E-state index contributed by atoms with van der Waals surface area (Å²) in [7, 11) is 0. The average Bonchev–Trinajstić information content (AvgIpc) is 3.27. The third-order valence-corrected chi connectivity index (χ3v) is 5.37. The van der Waals surface area contributed by atoms with E-state index in [1.54, 1.807) is 42.5 Å². The molecule has 0 radical (unpaired) electrons. The van der Waals surface area contributed by atoms with E-state index in [1.807, 2.05) is 6.92 Å². The summed E-state index contributed by atoms with van der Waals surface area (Å²) in [6, 6.07) is 13.6. The smallest absolute Gasteiger partial charge is 0.258 e. The summed E-state index contributed by atoms with van der Waals surface area (Å²) in [4.78, 5) is 25.5. The number of hydrogen-bond acceptors (Lipinski definition) is 5. The van der Waals surface area contributed by atoms with Crippen molar-refractivity contribution in [3.63, 3.8) is 0 Å². The van der Waals surface area contributed by atoms with Gasteiger partial charge in [-0.25, -0.2) is 0 Å². The van der Waals surface area contributed by atoms with Crippen LogP contribution in [0.15, 0.2) is 68.4 Å². The summed E-state index contributed by atoms with van der Waals surface area (Å²) in [5, 5.41) is 3.71. The van der Waals surface area contributed by atoms with Crippen LogP contribution in [0.4, 0.5) is 0 Å². The van der Waals surface area contributed by atoms with Gasteiger partial charge in [-0.05, 0) is 48.9 Å². The van der Waals surface area contributed by atoms with E-state index in [0.717, 1.165) is 5.56 Å². The lowest BCUT2D eigenvalue weighted by Crippen LogP contribution is -2.29. The standard InChI is InChI=1S/C23H17Cl2NO5/c1-13-9-19-16(10-18(13)25)21(28)23(22(31-19)15-6-2-3-7-17(15)24)30-12-20(27)26-11-14-5-4-8-29-14/h2-10H,11-12H2,1H3,(H,26,27). The SMILES string of the molecule is Cc1cc2oc(-c3ccccc3Cl)c(OCC(=O)NCc3ccco3)c(=O)c2cc1Cl. The molecular weight excluding hydrogens is 441 g/mol. The van der Waals surface area contributed by atoms with Crippen LogP contribution in [0.5, 0.6) is 5.75 Å².